The summed E-state index contributed by atoms with van der Waals surface area (Å²) in [5.41, 5.74) is 7.47. The summed E-state index contributed by atoms with van der Waals surface area (Å²) in [7, 11) is 0. The van der Waals surface area contributed by atoms with Crippen LogP contribution in [0.15, 0.2) is 18.5 Å². The molecule has 0 saturated heterocycles. The number of aromatic nitrogens is 4. The molecule has 6 heteroatoms. The van der Waals surface area contributed by atoms with Crippen molar-refractivity contribution in [2.45, 2.75) is 20.3 Å². The van der Waals surface area contributed by atoms with Gasteiger partial charge in [-0.1, -0.05) is 6.92 Å². The molecule has 0 fully saturated rings. The molecule has 0 radical (unpaired) electrons. The van der Waals surface area contributed by atoms with Crippen LogP contribution in [0.4, 0.5) is 5.95 Å². The van der Waals surface area contributed by atoms with Crippen molar-refractivity contribution in [3.63, 3.8) is 0 Å². The number of anilines is 1. The summed E-state index contributed by atoms with van der Waals surface area (Å²) in [6.07, 6.45) is 4.33. The molecule has 0 aliphatic carbocycles. The van der Waals surface area contributed by atoms with Crippen LogP contribution in [-0.2, 0) is 0 Å². The highest BCUT2D eigenvalue weighted by atomic mass is 16.5. The number of hydrogen-bond donors (Lipinski definition) is 1. The summed E-state index contributed by atoms with van der Waals surface area (Å²) in [5.74, 6) is 0.623. The summed E-state index contributed by atoms with van der Waals surface area (Å²) in [5, 5.41) is 0. The molecule has 2 heterocycles. The van der Waals surface area contributed by atoms with E-state index in [0.29, 0.717) is 12.4 Å². The summed E-state index contributed by atoms with van der Waals surface area (Å²) in [6, 6.07) is 2.19. The molecule has 0 aromatic carbocycles. The number of nitrogens with two attached hydrogens (primary N) is 1. The van der Waals surface area contributed by atoms with E-state index in [0.717, 1.165) is 17.5 Å². The fraction of sp³-hybridized carbons (Fsp3) is 0.333. The van der Waals surface area contributed by atoms with Gasteiger partial charge in [0.05, 0.1) is 6.61 Å². The zero-order chi connectivity index (χ0) is 13.0. The summed E-state index contributed by atoms with van der Waals surface area (Å²) in [6.45, 7) is 4.51. The number of rotatable bonds is 4. The number of pyridine rings is 1. The molecule has 2 aromatic rings. The zero-order valence-corrected chi connectivity index (χ0v) is 10.4. The summed E-state index contributed by atoms with van der Waals surface area (Å²) >= 11 is 0. The van der Waals surface area contributed by atoms with Crippen molar-refractivity contribution in [1.29, 1.82) is 0 Å². The summed E-state index contributed by atoms with van der Waals surface area (Å²) < 4.78 is 5.37. The first-order chi connectivity index (χ1) is 8.69. The van der Waals surface area contributed by atoms with Crippen molar-refractivity contribution >= 4 is 5.95 Å². The van der Waals surface area contributed by atoms with Gasteiger partial charge in [-0.3, -0.25) is 4.98 Å². The smallest absolute Gasteiger partial charge is 0.321 e. The Labute approximate surface area is 105 Å². The molecule has 6 nitrogen and oxygen atoms in total. The molecule has 0 spiro atoms. The second kappa shape index (κ2) is 5.39. The van der Waals surface area contributed by atoms with Crippen LogP contribution in [0, 0.1) is 6.92 Å². The number of aryl methyl sites for hydroxylation is 1. The van der Waals surface area contributed by atoms with Gasteiger partial charge in [-0.15, -0.1) is 0 Å². The van der Waals surface area contributed by atoms with Gasteiger partial charge in [-0.25, -0.2) is 0 Å². The maximum atomic E-state index is 5.64. The second-order valence-corrected chi connectivity index (χ2v) is 3.90. The summed E-state index contributed by atoms with van der Waals surface area (Å²) in [4.78, 5) is 16.3. The van der Waals surface area contributed by atoms with Gasteiger partial charge in [0.2, 0.25) is 5.95 Å². The molecule has 0 atom stereocenters. The molecule has 0 unspecified atom stereocenters. The third-order valence-corrected chi connectivity index (χ3v) is 2.20. The number of hydrogen-bond acceptors (Lipinski definition) is 6. The van der Waals surface area contributed by atoms with Crippen molar-refractivity contribution in [3.05, 3.63) is 24.0 Å². The minimum atomic E-state index is 0.146. The van der Waals surface area contributed by atoms with Crippen LogP contribution in [0.2, 0.25) is 0 Å². The molecule has 0 aliphatic heterocycles. The number of nitrogens with zero attached hydrogens (tertiary/aromatic N) is 4. The molecule has 0 bridgehead atoms. The molecular formula is C12H15N5O. The van der Waals surface area contributed by atoms with E-state index in [2.05, 4.69) is 19.9 Å². The van der Waals surface area contributed by atoms with Crippen LogP contribution < -0.4 is 10.5 Å². The average molecular weight is 245 g/mol. The normalized spacial score (nSPS) is 10.3. The van der Waals surface area contributed by atoms with Gasteiger partial charge in [-0.2, -0.15) is 15.0 Å². The molecule has 2 N–H and O–H groups in total. The average Bonchev–Trinajstić information content (AvgIpc) is 2.36. The molecule has 2 rings (SSSR count). The van der Waals surface area contributed by atoms with Crippen molar-refractivity contribution in [2.24, 2.45) is 0 Å². The maximum absolute atomic E-state index is 5.64. The molecule has 18 heavy (non-hydrogen) atoms. The van der Waals surface area contributed by atoms with E-state index in [4.69, 9.17) is 10.5 Å². The highest BCUT2D eigenvalue weighted by Crippen LogP contribution is 2.17. The standard InChI is InChI=1S/C12H15N5O/c1-3-4-18-12-16-10(15-11(13)17-12)9-5-8(2)6-14-7-9/h5-7H,3-4H2,1-2H3,(H2,13,15,16,17). The van der Waals surface area contributed by atoms with Gasteiger partial charge in [0.15, 0.2) is 5.82 Å². The number of ether oxygens (including phenoxy) is 1. The fourth-order valence-electron chi connectivity index (χ4n) is 1.44. The number of nitrogen functional groups attached to an aromatic ring is 1. The lowest BCUT2D eigenvalue weighted by Crippen LogP contribution is -2.05. The fourth-order valence-corrected chi connectivity index (χ4v) is 1.44. The van der Waals surface area contributed by atoms with Gasteiger partial charge >= 0.3 is 6.01 Å². The van der Waals surface area contributed by atoms with E-state index in [1.54, 1.807) is 12.4 Å². The molecule has 0 saturated carbocycles. The Bertz CT molecular complexity index is 544. The van der Waals surface area contributed by atoms with E-state index in [1.165, 1.54) is 0 Å². The predicted octanol–water partition coefficient (Wildman–Crippen LogP) is 1.61. The maximum Gasteiger partial charge on any atom is 0.321 e. The predicted molar refractivity (Wildman–Crippen MR) is 68.0 cm³/mol. The van der Waals surface area contributed by atoms with Crippen molar-refractivity contribution in [1.82, 2.24) is 19.9 Å². The topological polar surface area (TPSA) is 86.8 Å². The molecular weight excluding hydrogens is 230 g/mol. The first-order valence-corrected chi connectivity index (χ1v) is 5.75. The van der Waals surface area contributed by atoms with E-state index in [9.17, 15) is 0 Å². The highest BCUT2D eigenvalue weighted by Gasteiger charge is 2.08. The van der Waals surface area contributed by atoms with Gasteiger partial charge < -0.3 is 10.5 Å². The largest absolute Gasteiger partial charge is 0.463 e. The Kier molecular flexibility index (Phi) is 3.66. The molecule has 2 aromatic heterocycles. The molecule has 0 aliphatic rings. The second-order valence-electron chi connectivity index (χ2n) is 3.90. The quantitative estimate of drug-likeness (QED) is 0.880. The van der Waals surface area contributed by atoms with E-state index in [-0.39, 0.29) is 12.0 Å². The first-order valence-electron chi connectivity index (χ1n) is 5.75. The lowest BCUT2D eigenvalue weighted by atomic mass is 10.2. The minimum Gasteiger partial charge on any atom is -0.463 e. The Hall–Kier alpha value is -2.24. The first kappa shape index (κ1) is 12.2. The van der Waals surface area contributed by atoms with Crippen molar-refractivity contribution in [2.75, 3.05) is 12.3 Å². The van der Waals surface area contributed by atoms with Crippen LogP contribution in [-0.4, -0.2) is 26.5 Å². The minimum absolute atomic E-state index is 0.146. The SMILES string of the molecule is CCCOc1nc(N)nc(-c2cncc(C)c2)n1. The Morgan fingerprint density at radius 3 is 2.78 bits per heavy atom. The van der Waals surface area contributed by atoms with Gasteiger partial charge in [0.25, 0.3) is 0 Å². The van der Waals surface area contributed by atoms with Gasteiger partial charge in [0, 0.05) is 18.0 Å². The van der Waals surface area contributed by atoms with Crippen molar-refractivity contribution < 1.29 is 4.74 Å². The highest BCUT2D eigenvalue weighted by molar-refractivity contribution is 5.55. The Balaban J connectivity index is 2.35. The Morgan fingerprint density at radius 1 is 1.22 bits per heavy atom. The van der Waals surface area contributed by atoms with Crippen LogP contribution in [0.5, 0.6) is 6.01 Å². The van der Waals surface area contributed by atoms with Crippen LogP contribution in [0.1, 0.15) is 18.9 Å². The third kappa shape index (κ3) is 2.91. The lowest BCUT2D eigenvalue weighted by molar-refractivity contribution is 0.292. The lowest BCUT2D eigenvalue weighted by Gasteiger charge is -2.05. The van der Waals surface area contributed by atoms with E-state index >= 15 is 0 Å². The van der Waals surface area contributed by atoms with Gasteiger partial charge in [-0.05, 0) is 25.0 Å². The van der Waals surface area contributed by atoms with Gasteiger partial charge in [0.1, 0.15) is 0 Å². The van der Waals surface area contributed by atoms with Crippen LogP contribution in [0.25, 0.3) is 11.4 Å². The zero-order valence-electron chi connectivity index (χ0n) is 10.4. The van der Waals surface area contributed by atoms with Crippen LogP contribution in [0.3, 0.4) is 0 Å². The van der Waals surface area contributed by atoms with E-state index in [1.807, 2.05) is 19.9 Å². The van der Waals surface area contributed by atoms with Crippen LogP contribution >= 0.6 is 0 Å². The molecule has 0 amide bonds. The molecule has 94 valence electrons. The Morgan fingerprint density at radius 2 is 2.06 bits per heavy atom. The monoisotopic (exact) mass is 245 g/mol. The third-order valence-electron chi connectivity index (χ3n) is 2.20. The van der Waals surface area contributed by atoms with E-state index < -0.39 is 0 Å². The van der Waals surface area contributed by atoms with Crippen molar-refractivity contribution in [3.8, 4) is 17.4 Å².